The van der Waals surface area contributed by atoms with Crippen LogP contribution in [0.2, 0.25) is 0 Å². The molecule has 1 rings (SSSR count). The molecular formula is C7H6BrF3N2O2S. The number of sulfonamides is 1. The zero-order chi connectivity index (χ0) is 12.7. The second-order valence-corrected chi connectivity index (χ2v) is 5.30. The molecule has 0 bridgehead atoms. The lowest BCUT2D eigenvalue weighted by Crippen LogP contribution is -2.16. The van der Waals surface area contributed by atoms with Gasteiger partial charge in [0, 0.05) is 10.2 Å². The van der Waals surface area contributed by atoms with Crippen LogP contribution in [0.25, 0.3) is 0 Å². The van der Waals surface area contributed by atoms with Crippen molar-refractivity contribution in [2.75, 3.05) is 5.73 Å². The molecule has 0 aliphatic heterocycles. The van der Waals surface area contributed by atoms with Gasteiger partial charge in [0.2, 0.25) is 10.0 Å². The highest BCUT2D eigenvalue weighted by Gasteiger charge is 2.34. The number of benzene rings is 1. The summed E-state index contributed by atoms with van der Waals surface area (Å²) in [5, 5.41) is 4.75. The highest BCUT2D eigenvalue weighted by Crippen LogP contribution is 2.37. The predicted molar refractivity (Wildman–Crippen MR) is 54.9 cm³/mol. The summed E-state index contributed by atoms with van der Waals surface area (Å²) in [7, 11) is -4.24. The van der Waals surface area contributed by atoms with E-state index in [1.54, 1.807) is 0 Å². The fraction of sp³-hybridized carbons (Fsp3) is 0.143. The lowest BCUT2D eigenvalue weighted by molar-refractivity contribution is -0.137. The van der Waals surface area contributed by atoms with Crippen LogP contribution in [-0.4, -0.2) is 8.42 Å². The van der Waals surface area contributed by atoms with E-state index in [-0.39, 0.29) is 4.47 Å². The van der Waals surface area contributed by atoms with Gasteiger partial charge in [0.05, 0.1) is 10.5 Å². The highest BCUT2D eigenvalue weighted by molar-refractivity contribution is 9.10. The van der Waals surface area contributed by atoms with Gasteiger partial charge in [-0.1, -0.05) is 0 Å². The maximum atomic E-state index is 12.4. The number of rotatable bonds is 1. The van der Waals surface area contributed by atoms with Gasteiger partial charge in [0.15, 0.2) is 0 Å². The molecule has 0 fully saturated rings. The predicted octanol–water partition coefficient (Wildman–Crippen LogP) is 1.70. The molecule has 9 heteroatoms. The summed E-state index contributed by atoms with van der Waals surface area (Å²) in [6.07, 6.45) is -4.73. The molecule has 0 saturated heterocycles. The Bertz CT molecular complexity index is 527. The van der Waals surface area contributed by atoms with Gasteiger partial charge in [-0.2, -0.15) is 13.2 Å². The van der Waals surface area contributed by atoms with Crippen molar-refractivity contribution in [3.8, 4) is 0 Å². The second kappa shape index (κ2) is 3.90. The lowest BCUT2D eigenvalue weighted by Gasteiger charge is -2.12. The Labute approximate surface area is 97.6 Å². The van der Waals surface area contributed by atoms with Gasteiger partial charge in [-0.3, -0.25) is 0 Å². The maximum Gasteiger partial charge on any atom is 0.418 e. The van der Waals surface area contributed by atoms with Crippen molar-refractivity contribution >= 4 is 31.6 Å². The molecule has 0 aliphatic rings. The van der Waals surface area contributed by atoms with E-state index in [1.807, 2.05) is 0 Å². The summed E-state index contributed by atoms with van der Waals surface area (Å²) in [5.74, 6) is 0. The molecule has 1 aromatic carbocycles. The topological polar surface area (TPSA) is 86.2 Å². The smallest absolute Gasteiger partial charge is 0.398 e. The summed E-state index contributed by atoms with van der Waals surface area (Å²) >= 11 is 2.78. The average molecular weight is 319 g/mol. The van der Waals surface area contributed by atoms with Crippen LogP contribution >= 0.6 is 15.9 Å². The molecule has 1 aromatic rings. The van der Waals surface area contributed by atoms with Crippen LogP contribution in [0.1, 0.15) is 5.56 Å². The van der Waals surface area contributed by atoms with E-state index in [2.05, 4.69) is 15.9 Å². The number of anilines is 1. The van der Waals surface area contributed by atoms with Crippen LogP contribution in [0.4, 0.5) is 18.9 Å². The largest absolute Gasteiger partial charge is 0.418 e. The first-order chi connectivity index (χ1) is 7.03. The number of hydrogen-bond acceptors (Lipinski definition) is 3. The first-order valence-electron chi connectivity index (χ1n) is 3.72. The van der Waals surface area contributed by atoms with E-state index in [0.29, 0.717) is 6.07 Å². The third-order valence-corrected chi connectivity index (χ3v) is 3.59. The van der Waals surface area contributed by atoms with E-state index in [9.17, 15) is 21.6 Å². The van der Waals surface area contributed by atoms with Crippen LogP contribution in [0.5, 0.6) is 0 Å². The first-order valence-corrected chi connectivity index (χ1v) is 6.06. The third kappa shape index (κ3) is 2.66. The Morgan fingerprint density at radius 1 is 1.25 bits per heavy atom. The highest BCUT2D eigenvalue weighted by atomic mass is 79.9. The molecule has 0 aliphatic carbocycles. The van der Waals surface area contributed by atoms with E-state index >= 15 is 0 Å². The fourth-order valence-electron chi connectivity index (χ4n) is 1.03. The molecule has 0 atom stereocenters. The molecule has 90 valence electrons. The van der Waals surface area contributed by atoms with Gasteiger partial charge < -0.3 is 5.73 Å². The van der Waals surface area contributed by atoms with Crippen molar-refractivity contribution in [2.45, 2.75) is 11.1 Å². The number of nitrogens with two attached hydrogens (primary N) is 2. The third-order valence-electron chi connectivity index (χ3n) is 1.72. The van der Waals surface area contributed by atoms with Crippen molar-refractivity contribution in [1.82, 2.24) is 0 Å². The van der Waals surface area contributed by atoms with Crippen LogP contribution < -0.4 is 10.9 Å². The SMILES string of the molecule is Nc1cc(Br)c(S(N)(=O)=O)cc1C(F)(F)F. The molecule has 16 heavy (non-hydrogen) atoms. The number of hydrogen-bond donors (Lipinski definition) is 2. The quantitative estimate of drug-likeness (QED) is 0.773. The molecule has 0 saturated carbocycles. The molecule has 0 heterocycles. The number of alkyl halides is 3. The molecule has 0 spiro atoms. The molecule has 0 amide bonds. The van der Waals surface area contributed by atoms with Crippen molar-refractivity contribution in [3.63, 3.8) is 0 Å². The van der Waals surface area contributed by atoms with Gasteiger partial charge in [0.1, 0.15) is 0 Å². The van der Waals surface area contributed by atoms with Crippen molar-refractivity contribution < 1.29 is 21.6 Å². The molecule has 0 radical (unpaired) electrons. The second-order valence-electron chi connectivity index (χ2n) is 2.91. The summed E-state index contributed by atoms with van der Waals surface area (Å²) in [4.78, 5) is -0.658. The van der Waals surface area contributed by atoms with Crippen LogP contribution in [0.3, 0.4) is 0 Å². The van der Waals surface area contributed by atoms with Gasteiger partial charge >= 0.3 is 6.18 Å². The average Bonchev–Trinajstić information content (AvgIpc) is 1.97. The summed E-state index contributed by atoms with van der Waals surface area (Å²) in [6, 6.07) is 1.25. The van der Waals surface area contributed by atoms with Gasteiger partial charge in [-0.15, -0.1) is 0 Å². The zero-order valence-corrected chi connectivity index (χ0v) is 9.95. The Kier molecular flexibility index (Phi) is 3.23. The number of halogens is 4. The van der Waals surface area contributed by atoms with Crippen LogP contribution in [-0.2, 0) is 16.2 Å². The van der Waals surface area contributed by atoms with Gasteiger partial charge in [-0.05, 0) is 28.1 Å². The molecule has 0 unspecified atom stereocenters. The fourth-order valence-corrected chi connectivity index (χ4v) is 2.68. The van der Waals surface area contributed by atoms with Crippen molar-refractivity contribution in [3.05, 3.63) is 22.2 Å². The Morgan fingerprint density at radius 2 is 1.75 bits per heavy atom. The van der Waals surface area contributed by atoms with Crippen molar-refractivity contribution in [1.29, 1.82) is 0 Å². The van der Waals surface area contributed by atoms with Gasteiger partial charge in [0.25, 0.3) is 0 Å². The maximum absolute atomic E-state index is 12.4. The normalized spacial score (nSPS) is 12.8. The zero-order valence-electron chi connectivity index (χ0n) is 7.55. The van der Waals surface area contributed by atoms with Gasteiger partial charge in [-0.25, -0.2) is 13.6 Å². The summed E-state index contributed by atoms with van der Waals surface area (Å²) in [5.41, 5.74) is 3.32. The summed E-state index contributed by atoms with van der Waals surface area (Å²) < 4.78 is 59.1. The van der Waals surface area contributed by atoms with Crippen LogP contribution in [0, 0.1) is 0 Å². The van der Waals surface area contributed by atoms with E-state index in [4.69, 9.17) is 10.9 Å². The number of nitrogen functional groups attached to an aromatic ring is 1. The van der Waals surface area contributed by atoms with Crippen LogP contribution in [0.15, 0.2) is 21.5 Å². The lowest BCUT2D eigenvalue weighted by atomic mass is 10.2. The molecule has 4 N–H and O–H groups in total. The minimum atomic E-state index is -4.73. The Balaban J connectivity index is 3.58. The van der Waals surface area contributed by atoms with E-state index in [1.165, 1.54) is 0 Å². The minimum absolute atomic E-state index is 0.111. The standard InChI is InChI=1S/C7H6BrF3N2O2S/c8-4-2-5(12)3(7(9,10)11)1-6(4)16(13,14)15/h1-2H,12H2,(H2,13,14,15). The molecule has 4 nitrogen and oxygen atoms in total. The Morgan fingerprint density at radius 3 is 2.12 bits per heavy atom. The number of primary sulfonamides is 1. The minimum Gasteiger partial charge on any atom is -0.398 e. The van der Waals surface area contributed by atoms with E-state index in [0.717, 1.165) is 6.07 Å². The molecule has 0 aromatic heterocycles. The van der Waals surface area contributed by atoms with E-state index < -0.39 is 32.3 Å². The molecular weight excluding hydrogens is 313 g/mol. The first kappa shape index (κ1) is 13.3. The summed E-state index contributed by atoms with van der Waals surface area (Å²) in [6.45, 7) is 0. The monoisotopic (exact) mass is 318 g/mol. The van der Waals surface area contributed by atoms with Crippen molar-refractivity contribution in [2.24, 2.45) is 5.14 Å². The Hall–Kier alpha value is -0.800.